The van der Waals surface area contributed by atoms with Crippen molar-refractivity contribution >= 4 is 39.2 Å². The Morgan fingerprint density at radius 1 is 1.38 bits per heavy atom. The van der Waals surface area contributed by atoms with Crippen molar-refractivity contribution in [2.24, 2.45) is 7.05 Å². The van der Waals surface area contributed by atoms with Gasteiger partial charge in [-0.1, -0.05) is 37.4 Å². The predicted octanol–water partition coefficient (Wildman–Crippen LogP) is 3.31. The molecule has 0 unspecified atom stereocenters. The second-order valence-electron chi connectivity index (χ2n) is 6.35. The maximum atomic E-state index is 12.5. The van der Waals surface area contributed by atoms with Gasteiger partial charge in [0.05, 0.1) is 10.8 Å². The standard InChI is InChI=1S/C17H23N3O2S2/c1-11(15(21)18-12-7-5-3-4-6-8-12)24-17-19-13-9-10-23-14(13)16(22)20(17)2/h9-12H,3-8H2,1-2H3,(H,18,21)/t11-/m0/s1. The van der Waals surface area contributed by atoms with Crippen LogP contribution in [0.2, 0.25) is 0 Å². The van der Waals surface area contributed by atoms with Gasteiger partial charge in [0, 0.05) is 13.1 Å². The third-order valence-electron chi connectivity index (χ3n) is 4.50. The molecule has 1 aliphatic rings. The van der Waals surface area contributed by atoms with Crippen LogP contribution in [0.1, 0.15) is 45.4 Å². The van der Waals surface area contributed by atoms with Crippen molar-refractivity contribution in [3.05, 3.63) is 21.8 Å². The van der Waals surface area contributed by atoms with Crippen LogP contribution < -0.4 is 10.9 Å². The van der Waals surface area contributed by atoms with Crippen molar-refractivity contribution in [1.29, 1.82) is 0 Å². The molecule has 3 rings (SSSR count). The number of aromatic nitrogens is 2. The second-order valence-corrected chi connectivity index (χ2v) is 8.57. The van der Waals surface area contributed by atoms with Crippen molar-refractivity contribution < 1.29 is 4.79 Å². The van der Waals surface area contributed by atoms with Crippen molar-refractivity contribution in [2.45, 2.75) is 61.9 Å². The number of hydrogen-bond donors (Lipinski definition) is 1. The molecule has 0 spiro atoms. The smallest absolute Gasteiger partial charge is 0.271 e. The van der Waals surface area contributed by atoms with Crippen LogP contribution in [-0.4, -0.2) is 26.8 Å². The van der Waals surface area contributed by atoms with Crippen molar-refractivity contribution in [3.63, 3.8) is 0 Å². The van der Waals surface area contributed by atoms with E-state index in [1.54, 1.807) is 11.6 Å². The van der Waals surface area contributed by atoms with Gasteiger partial charge in [-0.3, -0.25) is 14.2 Å². The second kappa shape index (κ2) is 7.70. The van der Waals surface area contributed by atoms with Crippen molar-refractivity contribution in [2.75, 3.05) is 0 Å². The summed E-state index contributed by atoms with van der Waals surface area (Å²) < 4.78 is 2.20. The van der Waals surface area contributed by atoms with Crippen LogP contribution >= 0.6 is 23.1 Å². The van der Waals surface area contributed by atoms with E-state index in [-0.39, 0.29) is 16.7 Å². The number of thioether (sulfide) groups is 1. The van der Waals surface area contributed by atoms with Crippen LogP contribution in [0, 0.1) is 0 Å². The van der Waals surface area contributed by atoms with Crippen LogP contribution in [0.3, 0.4) is 0 Å². The van der Waals surface area contributed by atoms with E-state index in [4.69, 9.17) is 0 Å². The average molecular weight is 366 g/mol. The van der Waals surface area contributed by atoms with Crippen LogP contribution in [0.15, 0.2) is 21.4 Å². The Kier molecular flexibility index (Phi) is 5.61. The molecule has 1 N–H and O–H groups in total. The lowest BCUT2D eigenvalue weighted by Crippen LogP contribution is -2.39. The number of fused-ring (bicyclic) bond motifs is 1. The highest BCUT2D eigenvalue weighted by Crippen LogP contribution is 2.24. The minimum Gasteiger partial charge on any atom is -0.352 e. The fraction of sp³-hybridized carbons (Fsp3) is 0.588. The molecular formula is C17H23N3O2S2. The normalized spacial score (nSPS) is 17.6. The molecular weight excluding hydrogens is 342 g/mol. The molecule has 1 saturated carbocycles. The zero-order valence-corrected chi connectivity index (χ0v) is 15.7. The van der Waals surface area contributed by atoms with E-state index in [2.05, 4.69) is 10.3 Å². The zero-order chi connectivity index (χ0) is 17.1. The molecule has 1 amide bonds. The third-order valence-corrected chi connectivity index (χ3v) is 6.53. The highest BCUT2D eigenvalue weighted by molar-refractivity contribution is 8.00. The molecule has 1 atom stereocenters. The van der Waals surface area contributed by atoms with E-state index < -0.39 is 0 Å². The number of nitrogens with one attached hydrogen (secondary N) is 1. The van der Waals surface area contributed by atoms with Gasteiger partial charge in [0.1, 0.15) is 4.70 Å². The molecule has 7 heteroatoms. The lowest BCUT2D eigenvalue weighted by atomic mass is 10.1. The Labute approximate surface area is 149 Å². The zero-order valence-electron chi connectivity index (χ0n) is 14.1. The number of hydrogen-bond acceptors (Lipinski definition) is 5. The molecule has 1 fully saturated rings. The molecule has 2 heterocycles. The molecule has 0 aromatic carbocycles. The first kappa shape index (κ1) is 17.5. The molecule has 130 valence electrons. The summed E-state index contributed by atoms with van der Waals surface area (Å²) in [5.74, 6) is 0.0339. The van der Waals surface area contributed by atoms with Crippen LogP contribution in [-0.2, 0) is 11.8 Å². The van der Waals surface area contributed by atoms with Gasteiger partial charge in [0.15, 0.2) is 5.16 Å². The van der Waals surface area contributed by atoms with Gasteiger partial charge in [-0.2, -0.15) is 0 Å². The highest BCUT2D eigenvalue weighted by Gasteiger charge is 2.21. The molecule has 1 aliphatic carbocycles. The Bertz CT molecular complexity index is 776. The summed E-state index contributed by atoms with van der Waals surface area (Å²) in [5, 5.41) is 5.36. The van der Waals surface area contributed by atoms with Crippen LogP contribution in [0.25, 0.3) is 10.2 Å². The van der Waals surface area contributed by atoms with E-state index in [0.29, 0.717) is 21.4 Å². The summed E-state index contributed by atoms with van der Waals surface area (Å²) in [4.78, 5) is 29.4. The van der Waals surface area contributed by atoms with Gasteiger partial charge < -0.3 is 5.32 Å². The number of carbonyl (C=O) groups is 1. The monoisotopic (exact) mass is 365 g/mol. The molecule has 2 aromatic heterocycles. The van der Waals surface area contributed by atoms with E-state index >= 15 is 0 Å². The fourth-order valence-electron chi connectivity index (χ4n) is 3.03. The highest BCUT2D eigenvalue weighted by atomic mass is 32.2. The van der Waals surface area contributed by atoms with Gasteiger partial charge in [-0.15, -0.1) is 11.3 Å². The topological polar surface area (TPSA) is 64.0 Å². The first-order valence-corrected chi connectivity index (χ1v) is 10.2. The van der Waals surface area contributed by atoms with E-state index in [1.807, 2.05) is 18.4 Å². The molecule has 0 bridgehead atoms. The van der Waals surface area contributed by atoms with Gasteiger partial charge in [0.2, 0.25) is 5.91 Å². The van der Waals surface area contributed by atoms with Crippen LogP contribution in [0.4, 0.5) is 0 Å². The lowest BCUT2D eigenvalue weighted by molar-refractivity contribution is -0.121. The first-order valence-electron chi connectivity index (χ1n) is 8.47. The van der Waals surface area contributed by atoms with Crippen molar-refractivity contribution in [3.8, 4) is 0 Å². The van der Waals surface area contributed by atoms with E-state index in [9.17, 15) is 9.59 Å². The number of amides is 1. The quantitative estimate of drug-likeness (QED) is 0.513. The molecule has 0 aliphatic heterocycles. The average Bonchev–Trinajstić information content (AvgIpc) is 2.88. The Morgan fingerprint density at radius 3 is 2.79 bits per heavy atom. The number of thiophene rings is 1. The number of nitrogens with zero attached hydrogens (tertiary/aromatic N) is 2. The van der Waals surface area contributed by atoms with Crippen LogP contribution in [0.5, 0.6) is 0 Å². The summed E-state index contributed by atoms with van der Waals surface area (Å²) in [6.07, 6.45) is 7.06. The summed E-state index contributed by atoms with van der Waals surface area (Å²) in [7, 11) is 1.72. The predicted molar refractivity (Wildman–Crippen MR) is 99.8 cm³/mol. The maximum Gasteiger partial charge on any atom is 0.271 e. The van der Waals surface area contributed by atoms with Gasteiger partial charge in [-0.25, -0.2) is 4.98 Å². The van der Waals surface area contributed by atoms with Crippen molar-refractivity contribution in [1.82, 2.24) is 14.9 Å². The maximum absolute atomic E-state index is 12.5. The summed E-state index contributed by atoms with van der Waals surface area (Å²) in [6, 6.07) is 2.14. The molecule has 24 heavy (non-hydrogen) atoms. The Hall–Kier alpha value is -1.34. The van der Waals surface area contributed by atoms with E-state index in [1.165, 1.54) is 48.8 Å². The first-order chi connectivity index (χ1) is 11.6. The summed E-state index contributed by atoms with van der Waals surface area (Å²) in [5.41, 5.74) is 0.663. The lowest BCUT2D eigenvalue weighted by Gasteiger charge is -2.19. The Morgan fingerprint density at radius 2 is 2.08 bits per heavy atom. The molecule has 2 aromatic rings. The Balaban J connectivity index is 1.69. The molecule has 0 saturated heterocycles. The number of rotatable bonds is 4. The summed E-state index contributed by atoms with van der Waals surface area (Å²) in [6.45, 7) is 1.88. The third kappa shape index (κ3) is 3.83. The largest absolute Gasteiger partial charge is 0.352 e. The minimum atomic E-state index is -0.276. The number of carbonyl (C=O) groups excluding carboxylic acids is 1. The van der Waals surface area contributed by atoms with Gasteiger partial charge >= 0.3 is 0 Å². The fourth-order valence-corrected chi connectivity index (χ4v) is 4.72. The SMILES string of the molecule is C[C@H](Sc1nc2ccsc2c(=O)n1C)C(=O)NC1CCCCCC1. The molecule has 0 radical (unpaired) electrons. The summed E-state index contributed by atoms with van der Waals surface area (Å²) >= 11 is 2.75. The molecule has 5 nitrogen and oxygen atoms in total. The van der Waals surface area contributed by atoms with Gasteiger partial charge in [0.25, 0.3) is 5.56 Å². The van der Waals surface area contributed by atoms with Gasteiger partial charge in [-0.05, 0) is 31.2 Å². The van der Waals surface area contributed by atoms with E-state index in [0.717, 1.165) is 12.8 Å². The minimum absolute atomic E-state index is 0.0339.